The van der Waals surface area contributed by atoms with E-state index in [9.17, 15) is 13.2 Å². The zero-order chi connectivity index (χ0) is 15.3. The summed E-state index contributed by atoms with van der Waals surface area (Å²) < 4.78 is 26.2. The lowest BCUT2D eigenvalue weighted by atomic mass is 10.2. The molecule has 0 bridgehead atoms. The molecule has 0 fully saturated rings. The number of rotatable bonds is 6. The molecule has 0 aliphatic carbocycles. The van der Waals surface area contributed by atoms with Gasteiger partial charge in [-0.3, -0.25) is 0 Å². The van der Waals surface area contributed by atoms with Crippen LogP contribution in [-0.4, -0.2) is 36.9 Å². The van der Waals surface area contributed by atoms with Gasteiger partial charge < -0.3 is 5.11 Å². The minimum atomic E-state index is -3.80. The Kier molecular flexibility index (Phi) is 5.68. The first kappa shape index (κ1) is 16.6. The SMILES string of the molecule is CCN(CCC#N)S(=O)(=O)c1ccc(Br)c(C(=O)O)c1. The fraction of sp³-hybridized carbons (Fsp3) is 0.333. The predicted octanol–water partition coefficient (Wildman–Crippen LogP) is 2.07. The van der Waals surface area contributed by atoms with Crippen LogP contribution in [0.5, 0.6) is 0 Å². The molecule has 0 unspecified atom stereocenters. The molecule has 0 atom stereocenters. The molecule has 0 aromatic heterocycles. The third-order valence-electron chi connectivity index (χ3n) is 2.63. The van der Waals surface area contributed by atoms with Crippen molar-refractivity contribution in [3.05, 3.63) is 28.2 Å². The second-order valence-corrected chi connectivity index (χ2v) is 6.64. The molecular weight excluding hydrogens is 348 g/mol. The van der Waals surface area contributed by atoms with E-state index in [2.05, 4.69) is 15.9 Å². The molecule has 6 nitrogen and oxygen atoms in total. The van der Waals surface area contributed by atoms with Crippen molar-refractivity contribution in [1.82, 2.24) is 4.31 Å². The second-order valence-electron chi connectivity index (χ2n) is 3.85. The second kappa shape index (κ2) is 6.83. The first-order valence-corrected chi connectivity index (χ1v) is 7.97. The maximum Gasteiger partial charge on any atom is 0.336 e. The minimum Gasteiger partial charge on any atom is -0.478 e. The number of benzene rings is 1. The summed E-state index contributed by atoms with van der Waals surface area (Å²) >= 11 is 3.06. The van der Waals surface area contributed by atoms with E-state index in [-0.39, 0.29) is 30.0 Å². The van der Waals surface area contributed by atoms with Crippen LogP contribution in [0.2, 0.25) is 0 Å². The predicted molar refractivity (Wildman–Crippen MR) is 75.8 cm³/mol. The van der Waals surface area contributed by atoms with Crippen LogP contribution < -0.4 is 0 Å². The van der Waals surface area contributed by atoms with Gasteiger partial charge in [-0.05, 0) is 34.1 Å². The first-order chi connectivity index (χ1) is 9.34. The Bertz CT molecular complexity index is 652. The number of nitriles is 1. The average molecular weight is 361 g/mol. The summed E-state index contributed by atoms with van der Waals surface area (Å²) in [6.45, 7) is 1.95. The number of sulfonamides is 1. The van der Waals surface area contributed by atoms with E-state index in [1.807, 2.05) is 6.07 Å². The van der Waals surface area contributed by atoms with Crippen LogP contribution in [0.15, 0.2) is 27.6 Å². The first-order valence-electron chi connectivity index (χ1n) is 5.74. The summed E-state index contributed by atoms with van der Waals surface area (Å²) in [6, 6.07) is 5.71. The molecule has 0 amide bonds. The van der Waals surface area contributed by atoms with E-state index in [4.69, 9.17) is 10.4 Å². The average Bonchev–Trinajstić information content (AvgIpc) is 2.39. The Hall–Kier alpha value is -1.43. The molecule has 20 heavy (non-hydrogen) atoms. The van der Waals surface area contributed by atoms with Gasteiger partial charge in [-0.1, -0.05) is 6.92 Å². The maximum atomic E-state index is 12.4. The summed E-state index contributed by atoms with van der Waals surface area (Å²) in [4.78, 5) is 10.9. The standard InChI is InChI=1S/C12H13BrN2O4S/c1-2-15(7-3-6-14)20(18,19)9-4-5-11(13)10(8-9)12(16)17/h4-5,8H,2-3,7H2,1H3,(H,16,17). The molecule has 8 heteroatoms. The lowest BCUT2D eigenvalue weighted by molar-refractivity contribution is 0.0695. The highest BCUT2D eigenvalue weighted by atomic mass is 79.9. The summed E-state index contributed by atoms with van der Waals surface area (Å²) in [6.07, 6.45) is 0.0788. The van der Waals surface area contributed by atoms with Gasteiger partial charge in [0.25, 0.3) is 0 Å². The molecule has 1 N–H and O–H groups in total. The Morgan fingerprint density at radius 3 is 2.65 bits per heavy atom. The fourth-order valence-corrected chi connectivity index (χ4v) is 3.49. The highest BCUT2D eigenvalue weighted by Gasteiger charge is 2.24. The summed E-state index contributed by atoms with van der Waals surface area (Å²) in [5, 5.41) is 17.6. The van der Waals surface area contributed by atoms with Crippen LogP contribution in [-0.2, 0) is 10.0 Å². The van der Waals surface area contributed by atoms with Crippen molar-refractivity contribution < 1.29 is 18.3 Å². The van der Waals surface area contributed by atoms with Gasteiger partial charge in [0.1, 0.15) is 0 Å². The van der Waals surface area contributed by atoms with Crippen LogP contribution in [0, 0.1) is 11.3 Å². The zero-order valence-electron chi connectivity index (χ0n) is 10.7. The van der Waals surface area contributed by atoms with Gasteiger partial charge >= 0.3 is 5.97 Å². The maximum absolute atomic E-state index is 12.4. The van der Waals surface area contributed by atoms with Gasteiger partial charge in [0.05, 0.1) is 16.5 Å². The van der Waals surface area contributed by atoms with Gasteiger partial charge in [-0.15, -0.1) is 0 Å². The number of carboxylic acid groups (broad SMARTS) is 1. The van der Waals surface area contributed by atoms with E-state index >= 15 is 0 Å². The molecule has 0 spiro atoms. The van der Waals surface area contributed by atoms with Crippen LogP contribution in [0.4, 0.5) is 0 Å². The van der Waals surface area contributed by atoms with Crippen molar-refractivity contribution in [2.45, 2.75) is 18.2 Å². The largest absolute Gasteiger partial charge is 0.478 e. The smallest absolute Gasteiger partial charge is 0.336 e. The molecule has 0 radical (unpaired) electrons. The summed E-state index contributed by atoms with van der Waals surface area (Å²) in [5.41, 5.74) is -0.123. The van der Waals surface area contributed by atoms with Crippen molar-refractivity contribution in [3.63, 3.8) is 0 Å². The van der Waals surface area contributed by atoms with Crippen molar-refractivity contribution in [2.24, 2.45) is 0 Å². The lowest BCUT2D eigenvalue weighted by Gasteiger charge is -2.19. The molecule has 0 aliphatic heterocycles. The van der Waals surface area contributed by atoms with Crippen molar-refractivity contribution >= 4 is 31.9 Å². The van der Waals surface area contributed by atoms with E-state index in [0.717, 1.165) is 10.4 Å². The Balaban J connectivity index is 3.25. The fourth-order valence-electron chi connectivity index (χ4n) is 1.60. The molecule has 108 valence electrons. The monoisotopic (exact) mass is 360 g/mol. The van der Waals surface area contributed by atoms with Gasteiger partial charge in [-0.2, -0.15) is 9.57 Å². The molecule has 0 heterocycles. The third-order valence-corrected chi connectivity index (χ3v) is 5.29. The summed E-state index contributed by atoms with van der Waals surface area (Å²) in [7, 11) is -3.80. The van der Waals surface area contributed by atoms with Crippen molar-refractivity contribution in [1.29, 1.82) is 5.26 Å². The van der Waals surface area contributed by atoms with Gasteiger partial charge in [-0.25, -0.2) is 13.2 Å². The summed E-state index contributed by atoms with van der Waals surface area (Å²) in [5.74, 6) is -1.21. The topological polar surface area (TPSA) is 98.5 Å². The van der Waals surface area contributed by atoms with E-state index < -0.39 is 16.0 Å². The van der Waals surface area contributed by atoms with Crippen LogP contribution in [0.3, 0.4) is 0 Å². The van der Waals surface area contributed by atoms with Crippen molar-refractivity contribution in [3.8, 4) is 6.07 Å². The Morgan fingerprint density at radius 1 is 1.50 bits per heavy atom. The number of hydrogen-bond acceptors (Lipinski definition) is 4. The van der Waals surface area contributed by atoms with Gasteiger partial charge in [0.15, 0.2) is 0 Å². The number of halogens is 1. The molecule has 1 aromatic rings. The Labute approximate surface area is 125 Å². The molecule has 1 aromatic carbocycles. The van der Waals surface area contributed by atoms with Crippen LogP contribution in [0.1, 0.15) is 23.7 Å². The van der Waals surface area contributed by atoms with Crippen LogP contribution in [0.25, 0.3) is 0 Å². The molecule has 0 aliphatic rings. The minimum absolute atomic E-state index is 0.0772. The quantitative estimate of drug-likeness (QED) is 0.836. The highest BCUT2D eigenvalue weighted by molar-refractivity contribution is 9.10. The number of nitrogens with zero attached hydrogens (tertiary/aromatic N) is 2. The third kappa shape index (κ3) is 3.56. The van der Waals surface area contributed by atoms with E-state index in [1.165, 1.54) is 12.1 Å². The lowest BCUT2D eigenvalue weighted by Crippen LogP contribution is -2.31. The van der Waals surface area contributed by atoms with E-state index in [1.54, 1.807) is 6.92 Å². The van der Waals surface area contributed by atoms with Gasteiger partial charge in [0.2, 0.25) is 10.0 Å². The molecule has 0 saturated heterocycles. The van der Waals surface area contributed by atoms with Crippen molar-refractivity contribution in [2.75, 3.05) is 13.1 Å². The number of aromatic carboxylic acids is 1. The highest BCUT2D eigenvalue weighted by Crippen LogP contribution is 2.23. The number of hydrogen-bond donors (Lipinski definition) is 1. The Morgan fingerprint density at radius 2 is 2.15 bits per heavy atom. The molecule has 1 rings (SSSR count). The number of carbonyl (C=O) groups is 1. The van der Waals surface area contributed by atoms with Crippen LogP contribution >= 0.6 is 15.9 Å². The van der Waals surface area contributed by atoms with Gasteiger partial charge in [0, 0.05) is 24.0 Å². The molecule has 0 saturated carbocycles. The number of carboxylic acids is 1. The molecular formula is C12H13BrN2O4S. The normalized spacial score (nSPS) is 11.3. The van der Waals surface area contributed by atoms with E-state index in [0.29, 0.717) is 4.47 Å². The zero-order valence-corrected chi connectivity index (χ0v) is 13.1.